The van der Waals surface area contributed by atoms with E-state index in [1.807, 2.05) is 0 Å². The molecule has 0 radical (unpaired) electrons. The van der Waals surface area contributed by atoms with Crippen molar-refractivity contribution in [1.29, 1.82) is 0 Å². The number of fused-ring (bicyclic) bond motifs is 2. The Morgan fingerprint density at radius 3 is 1.96 bits per heavy atom. The maximum Gasteiger partial charge on any atom is 0.0236 e. The van der Waals surface area contributed by atoms with E-state index in [0.29, 0.717) is 17.8 Å². The summed E-state index contributed by atoms with van der Waals surface area (Å²) in [6, 6.07) is 5.00. The molecule has 1 aromatic carbocycles. The smallest absolute Gasteiger partial charge is 0.0236 e. The van der Waals surface area contributed by atoms with Crippen LogP contribution in [0.25, 0.3) is 5.57 Å². The van der Waals surface area contributed by atoms with Gasteiger partial charge in [-0.05, 0) is 64.8 Å². The second-order valence-electron chi connectivity index (χ2n) is 8.31. The van der Waals surface area contributed by atoms with E-state index in [2.05, 4.69) is 71.5 Å². The summed E-state index contributed by atoms with van der Waals surface area (Å²) in [4.78, 5) is 0. The molecule has 3 rings (SSSR count). The standard InChI is InChI=1S/C22H32S/c1-13(2)16-11-20(14(3)4)22(21(12-16)15(5)6)17-9-18-7-8-19(10-17)23-18/h9,11-15,18-19H,7-8,10H2,1-6H3. The number of thioether (sulfide) groups is 1. The molecule has 2 aliphatic heterocycles. The zero-order valence-electron chi connectivity index (χ0n) is 15.6. The summed E-state index contributed by atoms with van der Waals surface area (Å²) in [5, 5.41) is 1.64. The van der Waals surface area contributed by atoms with Gasteiger partial charge < -0.3 is 0 Å². The van der Waals surface area contributed by atoms with Gasteiger partial charge in [0, 0.05) is 10.5 Å². The lowest BCUT2D eigenvalue weighted by atomic mass is 9.80. The van der Waals surface area contributed by atoms with Crippen LogP contribution in [-0.2, 0) is 0 Å². The highest BCUT2D eigenvalue weighted by Crippen LogP contribution is 2.48. The Kier molecular flexibility index (Phi) is 4.97. The molecule has 23 heavy (non-hydrogen) atoms. The van der Waals surface area contributed by atoms with E-state index in [-0.39, 0.29) is 0 Å². The number of hydrogen-bond donors (Lipinski definition) is 0. The van der Waals surface area contributed by atoms with Crippen molar-refractivity contribution in [1.82, 2.24) is 0 Å². The molecule has 0 N–H and O–H groups in total. The van der Waals surface area contributed by atoms with Gasteiger partial charge in [0.25, 0.3) is 0 Å². The Morgan fingerprint density at radius 2 is 1.48 bits per heavy atom. The number of rotatable bonds is 4. The summed E-state index contributed by atoms with van der Waals surface area (Å²) in [6.07, 6.45) is 6.68. The lowest BCUT2D eigenvalue weighted by molar-refractivity contribution is 0.781. The summed E-state index contributed by atoms with van der Waals surface area (Å²) in [5.74, 6) is 1.79. The van der Waals surface area contributed by atoms with Gasteiger partial charge in [0.1, 0.15) is 0 Å². The molecule has 0 aromatic heterocycles. The topological polar surface area (TPSA) is 0 Å². The highest BCUT2D eigenvalue weighted by molar-refractivity contribution is 8.01. The van der Waals surface area contributed by atoms with Crippen LogP contribution in [0.5, 0.6) is 0 Å². The molecule has 1 heteroatoms. The first-order chi connectivity index (χ1) is 10.9. The monoisotopic (exact) mass is 328 g/mol. The molecule has 0 spiro atoms. The first-order valence-corrected chi connectivity index (χ1v) is 10.3. The number of allylic oxidation sites excluding steroid dienone is 1. The van der Waals surface area contributed by atoms with Crippen LogP contribution in [0, 0.1) is 0 Å². The van der Waals surface area contributed by atoms with Crippen molar-refractivity contribution in [3.8, 4) is 0 Å². The van der Waals surface area contributed by atoms with Gasteiger partial charge in [-0.1, -0.05) is 59.8 Å². The van der Waals surface area contributed by atoms with Crippen LogP contribution in [0.1, 0.15) is 101 Å². The Bertz CT molecular complexity index is 577. The minimum atomic E-state index is 0.592. The molecule has 2 bridgehead atoms. The zero-order chi connectivity index (χ0) is 16.7. The van der Waals surface area contributed by atoms with Crippen LogP contribution in [-0.4, -0.2) is 10.5 Å². The summed E-state index contributed by atoms with van der Waals surface area (Å²) < 4.78 is 0. The van der Waals surface area contributed by atoms with Crippen LogP contribution in [0.2, 0.25) is 0 Å². The van der Waals surface area contributed by atoms with Gasteiger partial charge in [0.15, 0.2) is 0 Å². The average molecular weight is 329 g/mol. The molecule has 1 saturated heterocycles. The fraction of sp³-hybridized carbons (Fsp3) is 0.636. The van der Waals surface area contributed by atoms with Crippen molar-refractivity contribution >= 4 is 17.3 Å². The van der Waals surface area contributed by atoms with Gasteiger partial charge in [-0.25, -0.2) is 0 Å². The van der Waals surface area contributed by atoms with E-state index < -0.39 is 0 Å². The van der Waals surface area contributed by atoms with Gasteiger partial charge in [0.2, 0.25) is 0 Å². The van der Waals surface area contributed by atoms with E-state index in [4.69, 9.17) is 0 Å². The molecule has 2 heterocycles. The Balaban J connectivity index is 2.17. The molecule has 2 atom stereocenters. The first kappa shape index (κ1) is 17.1. The van der Waals surface area contributed by atoms with Crippen molar-refractivity contribution in [2.75, 3.05) is 0 Å². The Morgan fingerprint density at radius 1 is 0.870 bits per heavy atom. The fourth-order valence-electron chi connectivity index (χ4n) is 4.06. The molecule has 0 amide bonds. The maximum absolute atomic E-state index is 2.61. The van der Waals surface area contributed by atoms with Gasteiger partial charge in [-0.3, -0.25) is 0 Å². The largest absolute Gasteiger partial charge is 0.151 e. The highest BCUT2D eigenvalue weighted by Gasteiger charge is 2.32. The molecular weight excluding hydrogens is 296 g/mol. The molecule has 2 aliphatic rings. The lowest BCUT2D eigenvalue weighted by Crippen LogP contribution is -2.11. The molecule has 126 valence electrons. The minimum absolute atomic E-state index is 0.592. The Hall–Kier alpha value is -0.690. The minimum Gasteiger partial charge on any atom is -0.151 e. The third-order valence-corrected chi connectivity index (χ3v) is 6.94. The fourth-order valence-corrected chi connectivity index (χ4v) is 5.61. The van der Waals surface area contributed by atoms with Crippen molar-refractivity contribution in [3.63, 3.8) is 0 Å². The molecule has 0 nitrogen and oxygen atoms in total. The predicted molar refractivity (Wildman–Crippen MR) is 106 cm³/mol. The maximum atomic E-state index is 2.61. The van der Waals surface area contributed by atoms with E-state index in [9.17, 15) is 0 Å². The van der Waals surface area contributed by atoms with Gasteiger partial charge in [-0.2, -0.15) is 11.8 Å². The van der Waals surface area contributed by atoms with Crippen LogP contribution in [0.15, 0.2) is 18.2 Å². The second kappa shape index (κ2) is 6.67. The third-order valence-electron chi connectivity index (χ3n) is 5.43. The quantitative estimate of drug-likeness (QED) is 0.567. The highest BCUT2D eigenvalue weighted by atomic mass is 32.2. The average Bonchev–Trinajstić information content (AvgIpc) is 2.83. The normalized spacial score (nSPS) is 24.0. The third kappa shape index (κ3) is 3.40. The molecule has 1 aromatic rings. The van der Waals surface area contributed by atoms with Crippen molar-refractivity contribution in [2.24, 2.45) is 0 Å². The zero-order valence-corrected chi connectivity index (χ0v) is 16.5. The molecule has 1 fully saturated rings. The number of benzene rings is 1. The SMILES string of the molecule is CC(C)c1cc(C(C)C)c(C2=CC3CCC(C2)S3)c(C(C)C)c1. The second-order valence-corrected chi connectivity index (χ2v) is 9.85. The summed E-state index contributed by atoms with van der Waals surface area (Å²) in [6.45, 7) is 14.1. The van der Waals surface area contributed by atoms with Gasteiger partial charge in [-0.15, -0.1) is 0 Å². The molecular formula is C22H32S. The van der Waals surface area contributed by atoms with Crippen molar-refractivity contribution < 1.29 is 0 Å². The van der Waals surface area contributed by atoms with E-state index >= 15 is 0 Å². The summed E-state index contributed by atoms with van der Waals surface area (Å²) in [7, 11) is 0. The van der Waals surface area contributed by atoms with E-state index in [0.717, 1.165) is 10.5 Å². The predicted octanol–water partition coefficient (Wildman–Crippen LogP) is 7.11. The van der Waals surface area contributed by atoms with Crippen LogP contribution >= 0.6 is 11.8 Å². The summed E-state index contributed by atoms with van der Waals surface area (Å²) >= 11 is 2.21. The molecule has 0 aliphatic carbocycles. The number of hydrogen-bond acceptors (Lipinski definition) is 1. The first-order valence-electron chi connectivity index (χ1n) is 9.41. The van der Waals surface area contributed by atoms with Crippen molar-refractivity contribution in [2.45, 2.75) is 89.1 Å². The van der Waals surface area contributed by atoms with Crippen LogP contribution in [0.4, 0.5) is 0 Å². The lowest BCUT2D eigenvalue weighted by Gasteiger charge is -2.28. The van der Waals surface area contributed by atoms with Gasteiger partial charge in [0.05, 0.1) is 0 Å². The van der Waals surface area contributed by atoms with E-state index in [1.165, 1.54) is 24.8 Å². The summed E-state index contributed by atoms with van der Waals surface area (Å²) in [5.41, 5.74) is 7.93. The molecule has 2 unspecified atom stereocenters. The van der Waals surface area contributed by atoms with Crippen LogP contribution in [0.3, 0.4) is 0 Å². The van der Waals surface area contributed by atoms with E-state index in [1.54, 1.807) is 22.3 Å². The van der Waals surface area contributed by atoms with Gasteiger partial charge >= 0.3 is 0 Å². The van der Waals surface area contributed by atoms with Crippen molar-refractivity contribution in [3.05, 3.63) is 40.5 Å². The molecule has 0 saturated carbocycles. The van der Waals surface area contributed by atoms with Crippen LogP contribution < -0.4 is 0 Å². The Labute approximate surface area is 147 Å².